The Kier molecular flexibility index (Phi) is 4.40. The lowest BCUT2D eigenvalue weighted by Crippen LogP contribution is -2.35. The maximum absolute atomic E-state index is 12.2. The molecule has 98 valence electrons. The van der Waals surface area contributed by atoms with E-state index in [9.17, 15) is 4.79 Å². The van der Waals surface area contributed by atoms with Crippen molar-refractivity contribution in [1.29, 1.82) is 0 Å². The van der Waals surface area contributed by atoms with Gasteiger partial charge in [0.15, 0.2) is 0 Å². The molecule has 1 unspecified atom stereocenters. The standard InChI is InChI=1S/C14H19BrN2O/c1-9-7-16-8-13(9)14(18)17-10(2)11-4-3-5-12(15)6-11/h3-6,9-10,13,16H,7-8H2,1-2H3,(H,17,18)/t9-,10?,13-/m1/s1. The van der Waals surface area contributed by atoms with Crippen molar-refractivity contribution >= 4 is 21.8 Å². The number of carbonyl (C=O) groups is 1. The van der Waals surface area contributed by atoms with Crippen molar-refractivity contribution in [2.75, 3.05) is 13.1 Å². The molecule has 0 saturated carbocycles. The van der Waals surface area contributed by atoms with Gasteiger partial charge in [-0.05, 0) is 37.1 Å². The molecule has 0 aliphatic carbocycles. The van der Waals surface area contributed by atoms with Crippen LogP contribution in [0.15, 0.2) is 28.7 Å². The summed E-state index contributed by atoms with van der Waals surface area (Å²) >= 11 is 3.45. The Hall–Kier alpha value is -0.870. The summed E-state index contributed by atoms with van der Waals surface area (Å²) in [7, 11) is 0. The Balaban J connectivity index is 1.98. The van der Waals surface area contributed by atoms with Gasteiger partial charge in [-0.3, -0.25) is 4.79 Å². The van der Waals surface area contributed by atoms with E-state index in [1.165, 1.54) is 0 Å². The average molecular weight is 311 g/mol. The predicted molar refractivity (Wildman–Crippen MR) is 76.2 cm³/mol. The summed E-state index contributed by atoms with van der Waals surface area (Å²) in [5.74, 6) is 0.666. The summed E-state index contributed by atoms with van der Waals surface area (Å²) in [6.45, 7) is 5.86. The van der Waals surface area contributed by atoms with Gasteiger partial charge in [-0.2, -0.15) is 0 Å². The molecule has 1 aliphatic heterocycles. The van der Waals surface area contributed by atoms with Gasteiger partial charge in [0.05, 0.1) is 12.0 Å². The molecule has 1 fully saturated rings. The van der Waals surface area contributed by atoms with Crippen LogP contribution in [0.4, 0.5) is 0 Å². The summed E-state index contributed by atoms with van der Waals surface area (Å²) in [6, 6.07) is 8.10. The maximum Gasteiger partial charge on any atom is 0.225 e. The van der Waals surface area contributed by atoms with Gasteiger partial charge in [0.1, 0.15) is 0 Å². The van der Waals surface area contributed by atoms with Crippen LogP contribution in [-0.4, -0.2) is 19.0 Å². The first kappa shape index (κ1) is 13.6. The number of carbonyl (C=O) groups excluding carboxylic acids is 1. The van der Waals surface area contributed by atoms with Crippen LogP contribution < -0.4 is 10.6 Å². The molecular formula is C14H19BrN2O. The van der Waals surface area contributed by atoms with Gasteiger partial charge in [-0.25, -0.2) is 0 Å². The summed E-state index contributed by atoms with van der Waals surface area (Å²) in [4.78, 5) is 12.2. The van der Waals surface area contributed by atoms with Crippen molar-refractivity contribution in [3.05, 3.63) is 34.3 Å². The molecule has 1 amide bonds. The molecule has 1 aromatic carbocycles. The van der Waals surface area contributed by atoms with Crippen LogP contribution >= 0.6 is 15.9 Å². The van der Waals surface area contributed by atoms with Gasteiger partial charge in [0.2, 0.25) is 5.91 Å². The first-order valence-corrected chi connectivity index (χ1v) is 7.14. The molecule has 18 heavy (non-hydrogen) atoms. The molecule has 1 saturated heterocycles. The van der Waals surface area contributed by atoms with Crippen molar-refractivity contribution in [3.8, 4) is 0 Å². The maximum atomic E-state index is 12.2. The lowest BCUT2D eigenvalue weighted by molar-refractivity contribution is -0.126. The number of nitrogens with one attached hydrogen (secondary N) is 2. The lowest BCUT2D eigenvalue weighted by Gasteiger charge is -2.19. The van der Waals surface area contributed by atoms with Crippen LogP contribution in [0.25, 0.3) is 0 Å². The van der Waals surface area contributed by atoms with Crippen LogP contribution in [0.1, 0.15) is 25.5 Å². The van der Waals surface area contributed by atoms with Gasteiger partial charge in [0, 0.05) is 11.0 Å². The predicted octanol–water partition coefficient (Wildman–Crippen LogP) is 2.48. The Labute approximate surface area is 116 Å². The zero-order valence-electron chi connectivity index (χ0n) is 10.7. The van der Waals surface area contributed by atoms with E-state index in [-0.39, 0.29) is 17.9 Å². The van der Waals surface area contributed by atoms with E-state index in [0.29, 0.717) is 5.92 Å². The van der Waals surface area contributed by atoms with Crippen LogP contribution in [-0.2, 0) is 4.79 Å². The molecule has 4 heteroatoms. The van der Waals surface area contributed by atoms with Crippen molar-refractivity contribution in [2.24, 2.45) is 11.8 Å². The van der Waals surface area contributed by atoms with E-state index in [0.717, 1.165) is 23.1 Å². The van der Waals surface area contributed by atoms with Gasteiger partial charge in [-0.15, -0.1) is 0 Å². The zero-order valence-corrected chi connectivity index (χ0v) is 12.3. The van der Waals surface area contributed by atoms with Crippen LogP contribution in [0.5, 0.6) is 0 Å². The number of benzene rings is 1. The van der Waals surface area contributed by atoms with E-state index in [4.69, 9.17) is 0 Å². The molecule has 1 heterocycles. The average Bonchev–Trinajstić information content (AvgIpc) is 2.75. The number of hydrogen-bond donors (Lipinski definition) is 2. The molecule has 1 aliphatic rings. The highest BCUT2D eigenvalue weighted by atomic mass is 79.9. The minimum Gasteiger partial charge on any atom is -0.349 e. The molecule has 0 bridgehead atoms. The second kappa shape index (κ2) is 5.85. The van der Waals surface area contributed by atoms with Crippen LogP contribution in [0, 0.1) is 11.8 Å². The van der Waals surface area contributed by atoms with Gasteiger partial charge >= 0.3 is 0 Å². The third kappa shape index (κ3) is 3.12. The third-order valence-corrected chi connectivity index (χ3v) is 4.05. The molecule has 2 rings (SSSR count). The topological polar surface area (TPSA) is 41.1 Å². The van der Waals surface area contributed by atoms with E-state index in [2.05, 4.69) is 33.5 Å². The molecule has 0 radical (unpaired) electrons. The third-order valence-electron chi connectivity index (χ3n) is 3.56. The molecule has 2 N–H and O–H groups in total. The number of rotatable bonds is 3. The molecule has 3 atom stereocenters. The fourth-order valence-corrected chi connectivity index (χ4v) is 2.76. The van der Waals surface area contributed by atoms with E-state index in [1.807, 2.05) is 31.2 Å². The normalized spacial score (nSPS) is 24.8. The van der Waals surface area contributed by atoms with E-state index >= 15 is 0 Å². The lowest BCUT2D eigenvalue weighted by atomic mass is 9.96. The van der Waals surface area contributed by atoms with Crippen molar-refractivity contribution in [3.63, 3.8) is 0 Å². The first-order chi connectivity index (χ1) is 8.58. The molecule has 0 spiro atoms. The fraction of sp³-hybridized carbons (Fsp3) is 0.500. The SMILES string of the molecule is CC(NC(=O)[C@@H]1CNC[C@H]1C)c1cccc(Br)c1. The van der Waals surface area contributed by atoms with Gasteiger partial charge < -0.3 is 10.6 Å². The van der Waals surface area contributed by atoms with Gasteiger partial charge in [0.25, 0.3) is 0 Å². The summed E-state index contributed by atoms with van der Waals surface area (Å²) in [6.07, 6.45) is 0. The number of amides is 1. The van der Waals surface area contributed by atoms with E-state index < -0.39 is 0 Å². The van der Waals surface area contributed by atoms with Crippen LogP contribution in [0.3, 0.4) is 0 Å². The smallest absolute Gasteiger partial charge is 0.225 e. The molecule has 0 aromatic heterocycles. The summed E-state index contributed by atoms with van der Waals surface area (Å²) in [5, 5.41) is 6.35. The van der Waals surface area contributed by atoms with Crippen molar-refractivity contribution in [1.82, 2.24) is 10.6 Å². The summed E-state index contributed by atoms with van der Waals surface area (Å²) in [5.41, 5.74) is 1.12. The quantitative estimate of drug-likeness (QED) is 0.900. The van der Waals surface area contributed by atoms with Crippen molar-refractivity contribution in [2.45, 2.75) is 19.9 Å². The highest BCUT2D eigenvalue weighted by Crippen LogP contribution is 2.20. The number of halogens is 1. The summed E-state index contributed by atoms with van der Waals surface area (Å²) < 4.78 is 1.04. The zero-order chi connectivity index (χ0) is 13.1. The van der Waals surface area contributed by atoms with Gasteiger partial charge in [-0.1, -0.05) is 35.0 Å². The second-order valence-electron chi connectivity index (χ2n) is 5.03. The highest BCUT2D eigenvalue weighted by Gasteiger charge is 2.30. The van der Waals surface area contributed by atoms with Crippen LogP contribution in [0.2, 0.25) is 0 Å². The Morgan fingerprint density at radius 1 is 1.50 bits per heavy atom. The Morgan fingerprint density at radius 3 is 2.89 bits per heavy atom. The highest BCUT2D eigenvalue weighted by molar-refractivity contribution is 9.10. The first-order valence-electron chi connectivity index (χ1n) is 6.34. The van der Waals surface area contributed by atoms with Crippen molar-refractivity contribution < 1.29 is 4.79 Å². The minimum absolute atomic E-state index is 0.0443. The number of hydrogen-bond acceptors (Lipinski definition) is 2. The molecule has 1 aromatic rings. The second-order valence-corrected chi connectivity index (χ2v) is 5.94. The molecule has 3 nitrogen and oxygen atoms in total. The Bertz CT molecular complexity index is 436. The largest absolute Gasteiger partial charge is 0.349 e. The monoisotopic (exact) mass is 310 g/mol. The van der Waals surface area contributed by atoms with E-state index in [1.54, 1.807) is 0 Å². The Morgan fingerprint density at radius 2 is 2.28 bits per heavy atom. The fourth-order valence-electron chi connectivity index (χ4n) is 2.34. The molecular weight excluding hydrogens is 292 g/mol. The minimum atomic E-state index is 0.0443.